The van der Waals surface area contributed by atoms with E-state index in [2.05, 4.69) is 157 Å². The number of rotatable bonds is 2. The van der Waals surface area contributed by atoms with E-state index in [0.717, 1.165) is 38.8 Å². The van der Waals surface area contributed by atoms with E-state index in [1.165, 1.54) is 60.4 Å². The molecule has 0 N–H and O–H groups in total. The first-order valence-electron chi connectivity index (χ1n) is 16.3. The largest absolute Gasteiger partial charge is 0.455 e. The summed E-state index contributed by atoms with van der Waals surface area (Å²) in [5, 5.41) is 7.29. The van der Waals surface area contributed by atoms with Gasteiger partial charge in [-0.05, 0) is 85.6 Å². The molecule has 9 aromatic rings. The van der Waals surface area contributed by atoms with E-state index in [4.69, 9.17) is 4.42 Å². The van der Waals surface area contributed by atoms with Crippen LogP contribution in [0.15, 0.2) is 162 Å². The predicted octanol–water partition coefficient (Wildman–Crippen LogP) is 9.84. The molecule has 0 radical (unpaired) electrons. The van der Waals surface area contributed by atoms with E-state index in [0.29, 0.717) is 0 Å². The lowest BCUT2D eigenvalue weighted by Crippen LogP contribution is -2.54. The number of anilines is 3. The van der Waals surface area contributed by atoms with Crippen molar-refractivity contribution in [1.29, 1.82) is 0 Å². The molecule has 0 saturated carbocycles. The standard InChI is InChI=1S/C44H26BNO/c1-2-11-28-22-32(21-20-27(28)10-1)46-40-25-30-13-4-3-12-29(30)24-39(40)45-38-18-7-5-14-34(38)37-23-31(26-41(46)43(37)45)33-16-9-17-36-35-15-6-8-19-42(35)47-44(33)36/h1-26H. The molecular formula is C44H26BNO. The number of benzene rings is 8. The number of furan rings is 1. The lowest BCUT2D eigenvalue weighted by molar-refractivity contribution is 0.670. The summed E-state index contributed by atoms with van der Waals surface area (Å²) in [6.45, 7) is 0.156. The van der Waals surface area contributed by atoms with Crippen molar-refractivity contribution >= 4 is 83.6 Å². The lowest BCUT2D eigenvalue weighted by Gasteiger charge is -2.36. The predicted molar refractivity (Wildman–Crippen MR) is 199 cm³/mol. The van der Waals surface area contributed by atoms with Crippen LogP contribution in [0.4, 0.5) is 17.1 Å². The van der Waals surface area contributed by atoms with Crippen LogP contribution in [0.25, 0.3) is 65.7 Å². The highest BCUT2D eigenvalue weighted by molar-refractivity contribution is 7.01. The molecule has 2 aliphatic rings. The van der Waals surface area contributed by atoms with Gasteiger partial charge in [-0.1, -0.05) is 127 Å². The minimum absolute atomic E-state index is 0.156. The van der Waals surface area contributed by atoms with Crippen molar-refractivity contribution < 1.29 is 4.42 Å². The number of hydrogen-bond donors (Lipinski definition) is 0. The number of nitrogens with zero attached hydrogens (tertiary/aromatic N) is 1. The van der Waals surface area contributed by atoms with Crippen LogP contribution in [0.1, 0.15) is 0 Å². The Labute approximate surface area is 272 Å². The summed E-state index contributed by atoms with van der Waals surface area (Å²) in [5.41, 5.74) is 14.5. The van der Waals surface area contributed by atoms with E-state index >= 15 is 0 Å². The second-order valence-corrected chi connectivity index (χ2v) is 12.9. The summed E-state index contributed by atoms with van der Waals surface area (Å²) in [6.07, 6.45) is 0. The fourth-order valence-corrected chi connectivity index (χ4v) is 8.35. The average molecular weight is 596 g/mol. The molecule has 2 aliphatic heterocycles. The first-order chi connectivity index (χ1) is 23.3. The average Bonchev–Trinajstić information content (AvgIpc) is 3.68. The Morgan fingerprint density at radius 2 is 1.15 bits per heavy atom. The van der Waals surface area contributed by atoms with Crippen molar-refractivity contribution in [2.45, 2.75) is 0 Å². The van der Waals surface area contributed by atoms with Gasteiger partial charge >= 0.3 is 0 Å². The van der Waals surface area contributed by atoms with Crippen molar-refractivity contribution in [2.24, 2.45) is 0 Å². The third-order valence-electron chi connectivity index (χ3n) is 10.4. The minimum atomic E-state index is 0.156. The maximum atomic E-state index is 6.59. The summed E-state index contributed by atoms with van der Waals surface area (Å²) >= 11 is 0. The smallest absolute Gasteiger partial charge is 0.248 e. The Hall–Kier alpha value is -6.06. The van der Waals surface area contributed by atoms with Crippen LogP contribution in [-0.2, 0) is 0 Å². The van der Waals surface area contributed by atoms with Crippen LogP contribution in [0.2, 0.25) is 0 Å². The van der Waals surface area contributed by atoms with Crippen molar-refractivity contribution in [3.63, 3.8) is 0 Å². The summed E-state index contributed by atoms with van der Waals surface area (Å²) in [6, 6.07) is 57.8. The van der Waals surface area contributed by atoms with Gasteiger partial charge in [-0.2, -0.15) is 0 Å². The molecule has 1 aromatic heterocycles. The van der Waals surface area contributed by atoms with Gasteiger partial charge in [0.15, 0.2) is 0 Å². The normalized spacial score (nSPS) is 13.0. The van der Waals surface area contributed by atoms with Crippen LogP contribution in [-0.4, -0.2) is 6.71 Å². The monoisotopic (exact) mass is 595 g/mol. The number of fused-ring (bicyclic) bond motifs is 10. The minimum Gasteiger partial charge on any atom is -0.455 e. The maximum absolute atomic E-state index is 6.59. The lowest BCUT2D eigenvalue weighted by atomic mass is 9.37. The van der Waals surface area contributed by atoms with Crippen molar-refractivity contribution in [3.8, 4) is 22.3 Å². The molecule has 0 aliphatic carbocycles. The van der Waals surface area contributed by atoms with Crippen LogP contribution in [0, 0.1) is 0 Å². The molecule has 0 bridgehead atoms. The molecule has 3 heterocycles. The first-order valence-corrected chi connectivity index (χ1v) is 16.3. The Balaban J connectivity index is 1.26. The third kappa shape index (κ3) is 3.46. The van der Waals surface area contributed by atoms with Gasteiger partial charge in [0.1, 0.15) is 11.2 Å². The van der Waals surface area contributed by atoms with E-state index in [9.17, 15) is 0 Å². The molecule has 0 spiro atoms. The van der Waals surface area contributed by atoms with Gasteiger partial charge < -0.3 is 9.32 Å². The highest BCUT2D eigenvalue weighted by atomic mass is 16.3. The second-order valence-electron chi connectivity index (χ2n) is 12.9. The Kier molecular flexibility index (Phi) is 4.95. The molecule has 0 fully saturated rings. The van der Waals surface area contributed by atoms with Crippen LogP contribution in [0.5, 0.6) is 0 Å². The Bertz CT molecular complexity index is 2770. The van der Waals surface area contributed by atoms with Gasteiger partial charge in [0.25, 0.3) is 0 Å². The molecule has 0 amide bonds. The van der Waals surface area contributed by atoms with Crippen molar-refractivity contribution in [1.82, 2.24) is 0 Å². The maximum Gasteiger partial charge on any atom is 0.248 e. The molecule has 8 aromatic carbocycles. The van der Waals surface area contributed by atoms with Crippen LogP contribution < -0.4 is 21.3 Å². The van der Waals surface area contributed by atoms with Crippen molar-refractivity contribution in [3.05, 3.63) is 158 Å². The first kappa shape index (κ1) is 25.2. The molecule has 0 atom stereocenters. The van der Waals surface area contributed by atoms with Gasteiger partial charge in [0, 0.05) is 33.4 Å². The highest BCUT2D eigenvalue weighted by Gasteiger charge is 2.43. The molecule has 11 rings (SSSR count). The van der Waals surface area contributed by atoms with E-state index in [1.807, 2.05) is 6.07 Å². The Morgan fingerprint density at radius 1 is 0.447 bits per heavy atom. The molecule has 2 nitrogen and oxygen atoms in total. The van der Waals surface area contributed by atoms with E-state index in [-0.39, 0.29) is 6.71 Å². The summed E-state index contributed by atoms with van der Waals surface area (Å²) in [5.74, 6) is 0. The van der Waals surface area contributed by atoms with Crippen LogP contribution in [0.3, 0.4) is 0 Å². The van der Waals surface area contributed by atoms with Gasteiger partial charge in [-0.3, -0.25) is 0 Å². The highest BCUT2D eigenvalue weighted by Crippen LogP contribution is 2.45. The van der Waals surface area contributed by atoms with Crippen LogP contribution >= 0.6 is 0 Å². The van der Waals surface area contributed by atoms with Gasteiger partial charge in [0.05, 0.1) is 0 Å². The molecule has 3 heteroatoms. The molecule has 216 valence electrons. The fourth-order valence-electron chi connectivity index (χ4n) is 8.35. The fraction of sp³-hybridized carbons (Fsp3) is 0. The summed E-state index contributed by atoms with van der Waals surface area (Å²) < 4.78 is 6.59. The SMILES string of the molecule is c1ccc2c(c1)B1c3cc4ccccc4cc3N(c3ccc4ccccc4c3)c3cc(-c4cccc5c4oc4ccccc45)cc-2c31. The molecular weight excluding hydrogens is 569 g/mol. The quantitative estimate of drug-likeness (QED) is 0.185. The third-order valence-corrected chi connectivity index (χ3v) is 10.4. The zero-order valence-electron chi connectivity index (χ0n) is 25.4. The van der Waals surface area contributed by atoms with Crippen molar-refractivity contribution in [2.75, 3.05) is 4.90 Å². The van der Waals surface area contributed by atoms with E-state index in [1.54, 1.807) is 0 Å². The van der Waals surface area contributed by atoms with E-state index < -0.39 is 0 Å². The number of para-hydroxylation sites is 2. The summed E-state index contributed by atoms with van der Waals surface area (Å²) in [4.78, 5) is 2.51. The zero-order valence-corrected chi connectivity index (χ0v) is 25.4. The number of hydrogen-bond acceptors (Lipinski definition) is 2. The molecule has 0 saturated heterocycles. The topological polar surface area (TPSA) is 16.4 Å². The molecule has 0 unspecified atom stereocenters. The van der Waals surface area contributed by atoms with Gasteiger partial charge in [-0.15, -0.1) is 0 Å². The van der Waals surface area contributed by atoms with Gasteiger partial charge in [0.2, 0.25) is 6.71 Å². The zero-order chi connectivity index (χ0) is 30.6. The van der Waals surface area contributed by atoms with Gasteiger partial charge in [-0.25, -0.2) is 0 Å². The summed E-state index contributed by atoms with van der Waals surface area (Å²) in [7, 11) is 0. The molecule has 47 heavy (non-hydrogen) atoms. The Morgan fingerprint density at radius 3 is 2.04 bits per heavy atom. The second kappa shape index (κ2) is 9.25.